The molecule has 168 valence electrons. The van der Waals surface area contributed by atoms with Crippen LogP contribution in [0.15, 0.2) is 39.5 Å². The van der Waals surface area contributed by atoms with Gasteiger partial charge in [0.05, 0.1) is 18.7 Å². The normalized spacial score (nSPS) is 17.2. The molecule has 2 saturated heterocycles. The smallest absolute Gasteiger partial charge is 0.408 e. The van der Waals surface area contributed by atoms with Gasteiger partial charge in [-0.05, 0) is 24.3 Å². The van der Waals surface area contributed by atoms with Crippen molar-refractivity contribution in [2.45, 2.75) is 6.54 Å². The number of carbonyl (C=O) groups is 1. The molecule has 0 radical (unpaired) electrons. The summed E-state index contributed by atoms with van der Waals surface area (Å²) in [6.45, 7) is 5.35. The van der Waals surface area contributed by atoms with Gasteiger partial charge in [0.25, 0.3) is 0 Å². The Morgan fingerprint density at radius 3 is 2.25 bits per heavy atom. The van der Waals surface area contributed by atoms with Gasteiger partial charge in [-0.2, -0.15) is 0 Å². The Morgan fingerprint density at radius 1 is 0.938 bits per heavy atom. The lowest BCUT2D eigenvalue weighted by Crippen LogP contribution is -2.50. The lowest BCUT2D eigenvalue weighted by molar-refractivity contribution is -0.132. The van der Waals surface area contributed by atoms with Crippen molar-refractivity contribution in [1.82, 2.24) is 19.7 Å². The minimum atomic E-state index is -0.565. The number of hydrogen-bond donors (Lipinski definition) is 0. The van der Waals surface area contributed by atoms with Gasteiger partial charge in [0, 0.05) is 50.4 Å². The SMILES string of the molecule is O=C(Cn1c(=O)oc2cc(Cl)ccc21)N1CCN(c2ccc(N3CCOCC3)nn2)CC1. The molecule has 0 spiro atoms. The number of amides is 1. The molecule has 0 aliphatic carbocycles. The average Bonchev–Trinajstić information content (AvgIpc) is 3.13. The zero-order valence-corrected chi connectivity index (χ0v) is 18.2. The first-order chi connectivity index (χ1) is 15.6. The van der Waals surface area contributed by atoms with Crippen LogP contribution in [-0.2, 0) is 16.1 Å². The van der Waals surface area contributed by atoms with Crippen LogP contribution in [0.5, 0.6) is 0 Å². The van der Waals surface area contributed by atoms with Crippen LogP contribution in [0.3, 0.4) is 0 Å². The minimum absolute atomic E-state index is 0.0679. The highest BCUT2D eigenvalue weighted by atomic mass is 35.5. The van der Waals surface area contributed by atoms with E-state index in [1.807, 2.05) is 12.1 Å². The van der Waals surface area contributed by atoms with Crippen molar-refractivity contribution < 1.29 is 13.9 Å². The largest absolute Gasteiger partial charge is 0.420 e. The molecule has 10 nitrogen and oxygen atoms in total. The Hall–Kier alpha value is -3.11. The van der Waals surface area contributed by atoms with Crippen molar-refractivity contribution in [3.63, 3.8) is 0 Å². The summed E-state index contributed by atoms with van der Waals surface area (Å²) in [6, 6.07) is 8.88. The van der Waals surface area contributed by atoms with E-state index in [1.54, 1.807) is 23.1 Å². The Kier molecular flexibility index (Phi) is 5.71. The first-order valence-corrected chi connectivity index (χ1v) is 10.9. The Bertz CT molecular complexity index is 1160. The zero-order valence-electron chi connectivity index (χ0n) is 17.4. The summed E-state index contributed by atoms with van der Waals surface area (Å²) >= 11 is 5.95. The van der Waals surface area contributed by atoms with E-state index in [-0.39, 0.29) is 12.5 Å². The van der Waals surface area contributed by atoms with E-state index in [4.69, 9.17) is 20.8 Å². The summed E-state index contributed by atoms with van der Waals surface area (Å²) in [7, 11) is 0. The average molecular weight is 459 g/mol. The fourth-order valence-electron chi connectivity index (χ4n) is 4.06. The van der Waals surface area contributed by atoms with E-state index in [1.165, 1.54) is 4.57 Å². The van der Waals surface area contributed by atoms with Gasteiger partial charge >= 0.3 is 5.76 Å². The monoisotopic (exact) mass is 458 g/mol. The van der Waals surface area contributed by atoms with E-state index < -0.39 is 5.76 Å². The molecule has 11 heteroatoms. The van der Waals surface area contributed by atoms with Crippen molar-refractivity contribution in [3.05, 3.63) is 45.9 Å². The lowest BCUT2D eigenvalue weighted by atomic mass is 10.3. The first-order valence-electron chi connectivity index (χ1n) is 10.6. The highest BCUT2D eigenvalue weighted by molar-refractivity contribution is 6.31. The maximum absolute atomic E-state index is 12.8. The van der Waals surface area contributed by atoms with Gasteiger partial charge in [0.15, 0.2) is 17.2 Å². The van der Waals surface area contributed by atoms with E-state index >= 15 is 0 Å². The molecule has 2 fully saturated rings. The van der Waals surface area contributed by atoms with Crippen molar-refractivity contribution >= 4 is 40.2 Å². The summed E-state index contributed by atoms with van der Waals surface area (Å²) in [5, 5.41) is 9.22. The number of halogens is 1. The number of hydrogen-bond acceptors (Lipinski definition) is 8. The number of morpholine rings is 1. The van der Waals surface area contributed by atoms with Gasteiger partial charge in [0.1, 0.15) is 6.54 Å². The molecular weight excluding hydrogens is 436 g/mol. The molecule has 0 bridgehead atoms. The Balaban J connectivity index is 1.20. The first kappa shape index (κ1) is 20.8. The van der Waals surface area contributed by atoms with Crippen LogP contribution < -0.4 is 15.6 Å². The molecule has 3 aromatic rings. The summed E-state index contributed by atoms with van der Waals surface area (Å²) in [5.74, 6) is 0.955. The molecule has 1 aromatic carbocycles. The van der Waals surface area contributed by atoms with Crippen LogP contribution in [0, 0.1) is 0 Å². The Morgan fingerprint density at radius 2 is 1.59 bits per heavy atom. The molecular formula is C21H23ClN6O4. The molecule has 2 aliphatic heterocycles. The summed E-state index contributed by atoms with van der Waals surface area (Å²) in [5.41, 5.74) is 0.932. The maximum Gasteiger partial charge on any atom is 0.420 e. The second kappa shape index (κ2) is 8.79. The molecule has 4 heterocycles. The van der Waals surface area contributed by atoms with Crippen molar-refractivity contribution in [2.24, 2.45) is 0 Å². The van der Waals surface area contributed by atoms with Crippen molar-refractivity contribution in [2.75, 3.05) is 62.3 Å². The van der Waals surface area contributed by atoms with Gasteiger partial charge in [-0.25, -0.2) is 4.79 Å². The third-order valence-electron chi connectivity index (χ3n) is 5.85. The van der Waals surface area contributed by atoms with Gasteiger partial charge < -0.3 is 23.9 Å². The van der Waals surface area contributed by atoms with E-state index in [9.17, 15) is 9.59 Å². The van der Waals surface area contributed by atoms with Gasteiger partial charge in [-0.3, -0.25) is 9.36 Å². The number of ether oxygens (including phenoxy) is 1. The predicted molar refractivity (Wildman–Crippen MR) is 119 cm³/mol. The highest BCUT2D eigenvalue weighted by Gasteiger charge is 2.24. The number of rotatable bonds is 4. The minimum Gasteiger partial charge on any atom is -0.408 e. The fraction of sp³-hybridized carbons (Fsp3) is 0.429. The standard InChI is InChI=1S/C21H23ClN6O4/c22-15-1-2-16-17(13-15)32-21(30)28(16)14-20(29)27-7-5-25(6-8-27)18-3-4-19(24-23-18)26-9-11-31-12-10-26/h1-4,13H,5-12,14H2. The third kappa shape index (κ3) is 4.15. The molecule has 0 N–H and O–H groups in total. The molecule has 2 aliphatic rings. The topological polar surface area (TPSA) is 96.9 Å². The number of oxazole rings is 1. The number of anilines is 2. The predicted octanol–water partition coefficient (Wildman–Crippen LogP) is 1.22. The number of aromatic nitrogens is 3. The van der Waals surface area contributed by atoms with Crippen LogP contribution in [0.25, 0.3) is 11.1 Å². The van der Waals surface area contributed by atoms with Crippen LogP contribution in [0.2, 0.25) is 5.02 Å². The molecule has 0 saturated carbocycles. The molecule has 0 unspecified atom stereocenters. The third-order valence-corrected chi connectivity index (χ3v) is 6.09. The summed E-state index contributed by atoms with van der Waals surface area (Å²) in [6.07, 6.45) is 0. The second-order valence-electron chi connectivity index (χ2n) is 7.78. The summed E-state index contributed by atoms with van der Waals surface area (Å²) < 4.78 is 11.9. The molecule has 2 aromatic heterocycles. The number of carbonyl (C=O) groups excluding carboxylic acids is 1. The van der Waals surface area contributed by atoms with Crippen LogP contribution in [0.4, 0.5) is 11.6 Å². The second-order valence-corrected chi connectivity index (χ2v) is 8.22. The van der Waals surface area contributed by atoms with Gasteiger partial charge in [0.2, 0.25) is 5.91 Å². The van der Waals surface area contributed by atoms with Crippen molar-refractivity contribution in [3.8, 4) is 0 Å². The van der Waals surface area contributed by atoms with Crippen LogP contribution in [0.1, 0.15) is 0 Å². The van der Waals surface area contributed by atoms with Crippen molar-refractivity contribution in [1.29, 1.82) is 0 Å². The number of nitrogens with zero attached hydrogens (tertiary/aromatic N) is 6. The molecule has 0 atom stereocenters. The Labute approximate surface area is 188 Å². The van der Waals surface area contributed by atoms with Gasteiger partial charge in [-0.15, -0.1) is 10.2 Å². The molecule has 32 heavy (non-hydrogen) atoms. The lowest BCUT2D eigenvalue weighted by Gasteiger charge is -2.35. The highest BCUT2D eigenvalue weighted by Crippen LogP contribution is 2.20. The van der Waals surface area contributed by atoms with Crippen LogP contribution in [-0.4, -0.2) is 78.1 Å². The zero-order chi connectivity index (χ0) is 22.1. The van der Waals surface area contributed by atoms with E-state index in [2.05, 4.69) is 20.0 Å². The molecule has 5 rings (SSSR count). The number of fused-ring (bicyclic) bond motifs is 1. The van der Waals surface area contributed by atoms with Gasteiger partial charge in [-0.1, -0.05) is 11.6 Å². The van der Waals surface area contributed by atoms with E-state index in [0.717, 1.165) is 24.7 Å². The fourth-order valence-corrected chi connectivity index (χ4v) is 4.22. The summed E-state index contributed by atoms with van der Waals surface area (Å²) in [4.78, 5) is 31.1. The molecule has 1 amide bonds. The quantitative estimate of drug-likeness (QED) is 0.575. The van der Waals surface area contributed by atoms with E-state index in [0.29, 0.717) is 55.5 Å². The number of piperazine rings is 1. The maximum atomic E-state index is 12.8. The number of benzene rings is 1. The van der Waals surface area contributed by atoms with Crippen LogP contribution >= 0.6 is 11.6 Å².